The average molecular weight is 273 g/mol. The molecule has 19 heavy (non-hydrogen) atoms. The Balaban J connectivity index is 2.27. The van der Waals surface area contributed by atoms with E-state index >= 15 is 0 Å². The van der Waals surface area contributed by atoms with E-state index in [9.17, 15) is 9.59 Å². The molecule has 1 fully saturated rings. The van der Waals surface area contributed by atoms with Crippen molar-refractivity contribution in [3.05, 3.63) is 0 Å². The lowest BCUT2D eigenvalue weighted by Gasteiger charge is -2.33. The number of urea groups is 1. The first-order chi connectivity index (χ1) is 8.90. The minimum Gasteiger partial charge on any atom is -0.479 e. The van der Waals surface area contributed by atoms with E-state index in [-0.39, 0.29) is 12.6 Å². The highest BCUT2D eigenvalue weighted by Crippen LogP contribution is 2.17. The molecule has 0 saturated carbocycles. The van der Waals surface area contributed by atoms with Crippen LogP contribution in [0.2, 0.25) is 0 Å². The van der Waals surface area contributed by atoms with E-state index < -0.39 is 12.1 Å². The number of hydrogen-bond acceptors (Lipinski definition) is 4. The fraction of sp³-hybridized carbons (Fsp3) is 0.833. The second-order valence-electron chi connectivity index (χ2n) is 5.23. The van der Waals surface area contributed by atoms with Crippen molar-refractivity contribution < 1.29 is 19.8 Å². The molecule has 0 spiro atoms. The number of nitrogens with one attached hydrogen (secondary N) is 1. The van der Waals surface area contributed by atoms with Crippen LogP contribution in [-0.2, 0) is 4.79 Å². The Bertz CT molecular complexity index is 314. The lowest BCUT2D eigenvalue weighted by molar-refractivity contribution is -0.146. The molecule has 1 saturated heterocycles. The summed E-state index contributed by atoms with van der Waals surface area (Å²) >= 11 is 0. The highest BCUT2D eigenvalue weighted by atomic mass is 16.4. The van der Waals surface area contributed by atoms with Crippen LogP contribution in [0.1, 0.15) is 12.8 Å². The van der Waals surface area contributed by atoms with E-state index in [2.05, 4.69) is 10.2 Å². The molecule has 0 radical (unpaired) electrons. The van der Waals surface area contributed by atoms with Crippen LogP contribution in [0.5, 0.6) is 0 Å². The van der Waals surface area contributed by atoms with Crippen molar-refractivity contribution in [2.75, 3.05) is 40.3 Å². The molecular formula is C12H23N3O4. The van der Waals surface area contributed by atoms with Crippen LogP contribution >= 0.6 is 0 Å². The van der Waals surface area contributed by atoms with Gasteiger partial charge < -0.3 is 25.3 Å². The van der Waals surface area contributed by atoms with Crippen molar-refractivity contribution in [1.29, 1.82) is 0 Å². The van der Waals surface area contributed by atoms with E-state index in [1.165, 1.54) is 0 Å². The van der Waals surface area contributed by atoms with E-state index in [0.29, 0.717) is 19.0 Å². The molecule has 1 unspecified atom stereocenters. The topological polar surface area (TPSA) is 93.1 Å². The van der Waals surface area contributed by atoms with Crippen LogP contribution in [0.3, 0.4) is 0 Å². The molecular weight excluding hydrogens is 250 g/mol. The molecule has 1 aliphatic heterocycles. The molecule has 1 aliphatic rings. The summed E-state index contributed by atoms with van der Waals surface area (Å²) in [7, 11) is 4.07. The second kappa shape index (κ2) is 7.30. The number of aliphatic hydroxyl groups is 1. The van der Waals surface area contributed by atoms with Crippen LogP contribution in [0.25, 0.3) is 0 Å². The Hall–Kier alpha value is -1.34. The monoisotopic (exact) mass is 273 g/mol. The molecule has 1 rings (SSSR count). The van der Waals surface area contributed by atoms with E-state index in [1.807, 2.05) is 14.1 Å². The molecule has 0 aliphatic carbocycles. The third kappa shape index (κ3) is 5.44. The lowest BCUT2D eigenvalue weighted by atomic mass is 9.97. The quantitative estimate of drug-likeness (QED) is 0.623. The number of carboxylic acids is 1. The maximum atomic E-state index is 11.8. The number of nitrogens with zero attached hydrogens (tertiary/aromatic N) is 2. The molecule has 110 valence electrons. The van der Waals surface area contributed by atoms with Gasteiger partial charge in [0.25, 0.3) is 0 Å². The SMILES string of the molecule is CN(C)CC1CCN(C(=O)NCC(O)C(=O)O)CC1. The number of carboxylic acid groups (broad SMARTS) is 1. The van der Waals surface area contributed by atoms with E-state index in [1.54, 1.807) is 4.90 Å². The predicted octanol–water partition coefficient (Wildman–Crippen LogP) is -0.585. The smallest absolute Gasteiger partial charge is 0.334 e. The van der Waals surface area contributed by atoms with Crippen molar-refractivity contribution in [1.82, 2.24) is 15.1 Å². The van der Waals surface area contributed by atoms with Gasteiger partial charge in [0.05, 0.1) is 6.54 Å². The number of aliphatic hydroxyl groups excluding tert-OH is 1. The fourth-order valence-electron chi connectivity index (χ4n) is 2.22. The maximum Gasteiger partial charge on any atom is 0.334 e. The summed E-state index contributed by atoms with van der Waals surface area (Å²) in [6.07, 6.45) is 0.357. The van der Waals surface area contributed by atoms with Gasteiger partial charge in [-0.25, -0.2) is 9.59 Å². The Labute approximate surface area is 113 Å². The largest absolute Gasteiger partial charge is 0.479 e. The zero-order valence-electron chi connectivity index (χ0n) is 11.5. The standard InChI is InChI=1S/C12H23N3O4/c1-14(2)8-9-3-5-15(6-4-9)12(19)13-7-10(16)11(17)18/h9-10,16H,3-8H2,1-2H3,(H,13,19)(H,17,18). The van der Waals surface area contributed by atoms with Crippen molar-refractivity contribution in [3.63, 3.8) is 0 Å². The van der Waals surface area contributed by atoms with Gasteiger partial charge in [0.2, 0.25) is 0 Å². The third-order valence-corrected chi connectivity index (χ3v) is 3.26. The molecule has 0 aromatic heterocycles. The van der Waals surface area contributed by atoms with E-state index in [0.717, 1.165) is 19.4 Å². The summed E-state index contributed by atoms with van der Waals surface area (Å²) in [6, 6.07) is -0.302. The van der Waals surface area contributed by atoms with Crippen LogP contribution in [-0.4, -0.2) is 78.4 Å². The molecule has 3 N–H and O–H groups in total. The number of carbonyl (C=O) groups is 2. The van der Waals surface area contributed by atoms with Gasteiger partial charge in [-0.05, 0) is 32.9 Å². The first kappa shape index (κ1) is 15.7. The van der Waals surface area contributed by atoms with Crippen molar-refractivity contribution in [2.45, 2.75) is 18.9 Å². The molecule has 2 amide bonds. The van der Waals surface area contributed by atoms with Crippen molar-refractivity contribution in [2.24, 2.45) is 5.92 Å². The number of amides is 2. The number of likely N-dealkylation sites (tertiary alicyclic amines) is 1. The highest BCUT2D eigenvalue weighted by Gasteiger charge is 2.24. The Morgan fingerprint density at radius 1 is 1.37 bits per heavy atom. The number of hydrogen-bond donors (Lipinski definition) is 3. The first-order valence-corrected chi connectivity index (χ1v) is 6.48. The number of rotatable bonds is 5. The summed E-state index contributed by atoms with van der Waals surface area (Å²) in [5, 5.41) is 20.0. The van der Waals surface area contributed by atoms with Gasteiger partial charge >= 0.3 is 12.0 Å². The summed E-state index contributed by atoms with van der Waals surface area (Å²) in [5.41, 5.74) is 0. The second-order valence-corrected chi connectivity index (χ2v) is 5.23. The molecule has 0 aromatic carbocycles. The molecule has 7 nitrogen and oxygen atoms in total. The summed E-state index contributed by atoms with van der Waals surface area (Å²) < 4.78 is 0. The minimum absolute atomic E-state index is 0.258. The van der Waals surface area contributed by atoms with Gasteiger partial charge in [0, 0.05) is 19.6 Å². The highest BCUT2D eigenvalue weighted by molar-refractivity contribution is 5.76. The Morgan fingerprint density at radius 2 is 1.95 bits per heavy atom. The van der Waals surface area contributed by atoms with E-state index in [4.69, 9.17) is 10.2 Å². The zero-order valence-corrected chi connectivity index (χ0v) is 11.5. The molecule has 7 heteroatoms. The van der Waals surface area contributed by atoms with Crippen LogP contribution in [0.4, 0.5) is 4.79 Å². The van der Waals surface area contributed by atoms with Gasteiger partial charge in [-0.1, -0.05) is 0 Å². The third-order valence-electron chi connectivity index (χ3n) is 3.26. The van der Waals surface area contributed by atoms with Crippen molar-refractivity contribution in [3.8, 4) is 0 Å². The summed E-state index contributed by atoms with van der Waals surface area (Å²) in [4.78, 5) is 26.0. The van der Waals surface area contributed by atoms with Gasteiger partial charge in [-0.15, -0.1) is 0 Å². The molecule has 0 aromatic rings. The Kier molecular flexibility index (Phi) is 6.04. The summed E-state index contributed by atoms with van der Waals surface area (Å²) in [5.74, 6) is -0.728. The van der Waals surface area contributed by atoms with Crippen LogP contribution < -0.4 is 5.32 Å². The number of piperidine rings is 1. The normalized spacial score (nSPS) is 18.4. The van der Waals surface area contributed by atoms with Crippen molar-refractivity contribution >= 4 is 12.0 Å². The zero-order chi connectivity index (χ0) is 14.4. The fourth-order valence-corrected chi connectivity index (χ4v) is 2.22. The Morgan fingerprint density at radius 3 is 2.42 bits per heavy atom. The number of carbonyl (C=O) groups excluding carboxylic acids is 1. The van der Waals surface area contributed by atoms with Gasteiger partial charge in [-0.2, -0.15) is 0 Å². The molecule has 1 atom stereocenters. The van der Waals surface area contributed by atoms with Gasteiger partial charge in [0.1, 0.15) is 0 Å². The van der Waals surface area contributed by atoms with Crippen LogP contribution in [0.15, 0.2) is 0 Å². The van der Waals surface area contributed by atoms with Gasteiger partial charge in [-0.3, -0.25) is 0 Å². The summed E-state index contributed by atoms with van der Waals surface area (Å²) in [6.45, 7) is 2.11. The average Bonchev–Trinajstić information content (AvgIpc) is 2.35. The predicted molar refractivity (Wildman–Crippen MR) is 69.9 cm³/mol. The molecule has 1 heterocycles. The molecule has 0 bridgehead atoms. The maximum absolute atomic E-state index is 11.8. The van der Waals surface area contributed by atoms with Crippen LogP contribution in [0, 0.1) is 5.92 Å². The first-order valence-electron chi connectivity index (χ1n) is 6.48. The van der Waals surface area contributed by atoms with Gasteiger partial charge in [0.15, 0.2) is 6.10 Å². The lowest BCUT2D eigenvalue weighted by Crippen LogP contribution is -2.48. The number of aliphatic carboxylic acids is 1. The minimum atomic E-state index is -1.55.